The van der Waals surface area contributed by atoms with Crippen molar-refractivity contribution >= 4 is 35.8 Å². The van der Waals surface area contributed by atoms with Crippen LogP contribution in [0.5, 0.6) is 5.75 Å². The molecular weight excluding hydrogens is 515 g/mol. The van der Waals surface area contributed by atoms with Gasteiger partial charge in [0, 0.05) is 45.2 Å². The SMILES string of the molecule is CCCOc1cc(C)ccc1CNC(=NC)NCc1ccccc1CN1CCCC1=O.I. The Morgan fingerprint density at radius 3 is 2.47 bits per heavy atom. The van der Waals surface area contributed by atoms with Crippen molar-refractivity contribution in [2.45, 2.75) is 52.7 Å². The van der Waals surface area contributed by atoms with E-state index in [2.05, 4.69) is 59.8 Å². The second-order valence-corrected chi connectivity index (χ2v) is 7.93. The molecule has 1 heterocycles. The van der Waals surface area contributed by atoms with E-state index in [1.807, 2.05) is 17.0 Å². The minimum atomic E-state index is 0. The van der Waals surface area contributed by atoms with Crippen LogP contribution in [0.15, 0.2) is 47.5 Å². The van der Waals surface area contributed by atoms with Crippen LogP contribution in [0.3, 0.4) is 0 Å². The Labute approximate surface area is 208 Å². The second kappa shape index (κ2) is 13.3. The maximum absolute atomic E-state index is 12.0. The lowest BCUT2D eigenvalue weighted by molar-refractivity contribution is -0.128. The number of hydrogen-bond acceptors (Lipinski definition) is 3. The molecule has 7 heteroatoms. The van der Waals surface area contributed by atoms with E-state index in [0.717, 1.165) is 36.7 Å². The highest BCUT2D eigenvalue weighted by Gasteiger charge is 2.20. The second-order valence-electron chi connectivity index (χ2n) is 7.93. The predicted molar refractivity (Wildman–Crippen MR) is 141 cm³/mol. The van der Waals surface area contributed by atoms with E-state index in [-0.39, 0.29) is 29.9 Å². The number of likely N-dealkylation sites (tertiary alicyclic amines) is 1. The lowest BCUT2D eigenvalue weighted by Gasteiger charge is -2.19. The van der Waals surface area contributed by atoms with Gasteiger partial charge in [-0.1, -0.05) is 43.3 Å². The number of aryl methyl sites for hydroxylation is 1. The third-order valence-electron chi connectivity index (χ3n) is 5.45. The van der Waals surface area contributed by atoms with E-state index in [0.29, 0.717) is 32.7 Å². The molecule has 6 nitrogen and oxygen atoms in total. The summed E-state index contributed by atoms with van der Waals surface area (Å²) in [6, 6.07) is 14.5. The van der Waals surface area contributed by atoms with Gasteiger partial charge in [0.05, 0.1) is 6.61 Å². The Balaban J connectivity index is 0.00000363. The number of carbonyl (C=O) groups excluding carboxylic acids is 1. The lowest BCUT2D eigenvalue weighted by atomic mass is 10.1. The molecule has 0 aromatic heterocycles. The number of nitrogens with one attached hydrogen (secondary N) is 2. The van der Waals surface area contributed by atoms with Crippen molar-refractivity contribution in [3.8, 4) is 5.75 Å². The molecule has 0 spiro atoms. The average Bonchev–Trinajstić information content (AvgIpc) is 3.18. The van der Waals surface area contributed by atoms with Crippen molar-refractivity contribution in [2.75, 3.05) is 20.2 Å². The lowest BCUT2D eigenvalue weighted by Crippen LogP contribution is -2.36. The number of guanidine groups is 1. The summed E-state index contributed by atoms with van der Waals surface area (Å²) in [5.41, 5.74) is 4.64. The first-order chi connectivity index (χ1) is 15.1. The van der Waals surface area contributed by atoms with Crippen LogP contribution in [0, 0.1) is 6.92 Å². The number of ether oxygens (including phenoxy) is 1. The molecule has 32 heavy (non-hydrogen) atoms. The van der Waals surface area contributed by atoms with E-state index in [1.54, 1.807) is 7.05 Å². The fourth-order valence-electron chi connectivity index (χ4n) is 3.69. The van der Waals surface area contributed by atoms with Crippen LogP contribution in [-0.2, 0) is 24.4 Å². The number of hydrogen-bond donors (Lipinski definition) is 2. The Morgan fingerprint density at radius 2 is 1.81 bits per heavy atom. The number of carbonyl (C=O) groups is 1. The monoisotopic (exact) mass is 550 g/mol. The van der Waals surface area contributed by atoms with Gasteiger partial charge in [0.1, 0.15) is 5.75 Å². The van der Waals surface area contributed by atoms with Crippen LogP contribution < -0.4 is 15.4 Å². The van der Waals surface area contributed by atoms with Gasteiger partial charge < -0.3 is 20.3 Å². The normalized spacial score (nSPS) is 13.7. The first kappa shape index (κ1) is 26.0. The number of nitrogens with zero attached hydrogens (tertiary/aromatic N) is 2. The number of amides is 1. The molecule has 3 rings (SSSR count). The molecule has 174 valence electrons. The summed E-state index contributed by atoms with van der Waals surface area (Å²) in [5, 5.41) is 6.79. The molecule has 2 aromatic carbocycles. The fraction of sp³-hybridized carbons (Fsp3) is 0.440. The summed E-state index contributed by atoms with van der Waals surface area (Å²) >= 11 is 0. The largest absolute Gasteiger partial charge is 0.493 e. The number of aliphatic imine (C=N–C) groups is 1. The quantitative estimate of drug-likeness (QED) is 0.276. The van der Waals surface area contributed by atoms with Crippen molar-refractivity contribution in [2.24, 2.45) is 4.99 Å². The molecular formula is C25H35IN4O2. The number of rotatable bonds is 9. The van der Waals surface area contributed by atoms with Crippen molar-refractivity contribution in [3.05, 3.63) is 64.7 Å². The van der Waals surface area contributed by atoms with Gasteiger partial charge in [-0.25, -0.2) is 0 Å². The van der Waals surface area contributed by atoms with Gasteiger partial charge in [-0.3, -0.25) is 9.79 Å². The summed E-state index contributed by atoms with van der Waals surface area (Å²) in [4.78, 5) is 18.3. The molecule has 0 unspecified atom stereocenters. The van der Waals surface area contributed by atoms with Crippen molar-refractivity contribution in [1.82, 2.24) is 15.5 Å². The summed E-state index contributed by atoms with van der Waals surface area (Å²) in [7, 11) is 1.77. The molecule has 0 saturated carbocycles. The molecule has 0 atom stereocenters. The zero-order chi connectivity index (χ0) is 22.1. The van der Waals surface area contributed by atoms with Gasteiger partial charge in [0.2, 0.25) is 5.91 Å². The Morgan fingerprint density at radius 1 is 1.09 bits per heavy atom. The summed E-state index contributed by atoms with van der Waals surface area (Å²) < 4.78 is 5.92. The Kier molecular flexibility index (Phi) is 10.8. The molecule has 0 bridgehead atoms. The molecule has 2 aromatic rings. The van der Waals surface area contributed by atoms with Crippen LogP contribution in [0.2, 0.25) is 0 Å². The summed E-state index contributed by atoms with van der Waals surface area (Å²) in [6.45, 7) is 7.68. The topological polar surface area (TPSA) is 66.0 Å². The van der Waals surface area contributed by atoms with Crippen molar-refractivity contribution < 1.29 is 9.53 Å². The van der Waals surface area contributed by atoms with Gasteiger partial charge in [-0.15, -0.1) is 24.0 Å². The van der Waals surface area contributed by atoms with Gasteiger partial charge >= 0.3 is 0 Å². The van der Waals surface area contributed by atoms with Gasteiger partial charge in [-0.05, 0) is 42.5 Å². The smallest absolute Gasteiger partial charge is 0.222 e. The van der Waals surface area contributed by atoms with E-state index < -0.39 is 0 Å². The standard InChI is InChI=1S/C25H34N4O2.HI/c1-4-14-31-23-15-19(2)11-12-21(23)17-28-25(26-3)27-16-20-8-5-6-9-22(20)18-29-13-7-10-24(29)30;/h5-6,8-9,11-12,15H,4,7,10,13-14,16-18H2,1-3H3,(H2,26,27,28);1H. The zero-order valence-electron chi connectivity index (χ0n) is 19.3. The molecule has 1 saturated heterocycles. The first-order valence-corrected chi connectivity index (χ1v) is 11.1. The van der Waals surface area contributed by atoms with Crippen LogP contribution in [0.1, 0.15) is 48.4 Å². The highest BCUT2D eigenvalue weighted by Crippen LogP contribution is 2.21. The van der Waals surface area contributed by atoms with Gasteiger partial charge in [0.15, 0.2) is 5.96 Å². The molecule has 1 fully saturated rings. The molecule has 0 aliphatic carbocycles. The van der Waals surface area contributed by atoms with Gasteiger partial charge in [-0.2, -0.15) is 0 Å². The van der Waals surface area contributed by atoms with E-state index in [1.165, 1.54) is 16.7 Å². The van der Waals surface area contributed by atoms with E-state index in [9.17, 15) is 4.79 Å². The predicted octanol–water partition coefficient (Wildman–Crippen LogP) is 4.39. The highest BCUT2D eigenvalue weighted by molar-refractivity contribution is 14.0. The van der Waals surface area contributed by atoms with Crippen molar-refractivity contribution in [1.29, 1.82) is 0 Å². The third-order valence-corrected chi connectivity index (χ3v) is 5.45. The minimum absolute atomic E-state index is 0. The van der Waals surface area contributed by atoms with E-state index in [4.69, 9.17) is 4.74 Å². The molecule has 1 aliphatic heterocycles. The molecule has 1 aliphatic rings. The molecule has 2 N–H and O–H groups in total. The van der Waals surface area contributed by atoms with Crippen molar-refractivity contribution in [3.63, 3.8) is 0 Å². The Hall–Kier alpha value is -2.29. The summed E-state index contributed by atoms with van der Waals surface area (Å²) in [6.07, 6.45) is 2.60. The number of halogens is 1. The van der Waals surface area contributed by atoms with Crippen LogP contribution in [-0.4, -0.2) is 37.0 Å². The highest BCUT2D eigenvalue weighted by atomic mass is 127. The zero-order valence-corrected chi connectivity index (χ0v) is 21.6. The Bertz CT molecular complexity index is 917. The maximum Gasteiger partial charge on any atom is 0.222 e. The van der Waals surface area contributed by atoms with Crippen LogP contribution >= 0.6 is 24.0 Å². The average molecular weight is 550 g/mol. The minimum Gasteiger partial charge on any atom is -0.493 e. The van der Waals surface area contributed by atoms with Crippen LogP contribution in [0.25, 0.3) is 0 Å². The summed E-state index contributed by atoms with van der Waals surface area (Å²) in [5.74, 6) is 1.90. The van der Waals surface area contributed by atoms with Gasteiger partial charge in [0.25, 0.3) is 0 Å². The molecule has 1 amide bonds. The first-order valence-electron chi connectivity index (χ1n) is 11.1. The van der Waals surface area contributed by atoms with Crippen LogP contribution in [0.4, 0.5) is 0 Å². The maximum atomic E-state index is 12.0. The number of benzene rings is 2. The molecule has 0 radical (unpaired) electrons. The fourth-order valence-corrected chi connectivity index (χ4v) is 3.69. The van der Waals surface area contributed by atoms with E-state index >= 15 is 0 Å². The third kappa shape index (κ3) is 7.39.